The minimum absolute atomic E-state index is 0.0409. The van der Waals surface area contributed by atoms with Crippen LogP contribution in [0, 0.1) is 5.82 Å². The third-order valence-electron chi connectivity index (χ3n) is 5.97. The Morgan fingerprint density at radius 2 is 1.97 bits per heavy atom. The Hall–Kier alpha value is -4.34. The number of nitrogens with one attached hydrogen (secondary N) is 1. The molecule has 1 fully saturated rings. The van der Waals surface area contributed by atoms with Gasteiger partial charge >= 0.3 is 11.6 Å². The third kappa shape index (κ3) is 4.42. The fourth-order valence-corrected chi connectivity index (χ4v) is 4.18. The molecule has 3 heterocycles. The summed E-state index contributed by atoms with van der Waals surface area (Å²) < 4.78 is 22.8. The van der Waals surface area contributed by atoms with Crippen LogP contribution in [0.15, 0.2) is 67.0 Å². The number of amides is 1. The normalized spacial score (nSPS) is 17.0. The van der Waals surface area contributed by atoms with E-state index in [1.165, 1.54) is 18.3 Å². The zero-order chi connectivity index (χ0) is 24.4. The molecule has 4 aromatic rings. The first kappa shape index (κ1) is 22.5. The van der Waals surface area contributed by atoms with Crippen LogP contribution < -0.4 is 14.8 Å². The van der Waals surface area contributed by atoms with Gasteiger partial charge in [0.05, 0.1) is 18.5 Å². The SMILES string of the molecule is CCOc1ccc(-c2nnc([C@H]3C[C@H](NC(=O)c4cccc[n+]4O)C3)n2-c2ccccc2F)nc1. The van der Waals surface area contributed by atoms with Crippen molar-refractivity contribution in [1.29, 1.82) is 0 Å². The van der Waals surface area contributed by atoms with Gasteiger partial charge in [-0.2, -0.15) is 0 Å². The maximum atomic E-state index is 14.9. The van der Waals surface area contributed by atoms with Crippen LogP contribution in [-0.4, -0.2) is 43.5 Å². The van der Waals surface area contributed by atoms with Crippen molar-refractivity contribution in [3.05, 3.63) is 84.3 Å². The van der Waals surface area contributed by atoms with Gasteiger partial charge in [0.1, 0.15) is 23.1 Å². The van der Waals surface area contributed by atoms with E-state index in [-0.39, 0.29) is 23.6 Å². The molecular formula is C25H24FN6O3+. The van der Waals surface area contributed by atoms with Crippen molar-refractivity contribution >= 4 is 5.91 Å². The molecule has 10 heteroatoms. The third-order valence-corrected chi connectivity index (χ3v) is 5.97. The van der Waals surface area contributed by atoms with E-state index < -0.39 is 5.82 Å². The van der Waals surface area contributed by atoms with E-state index >= 15 is 0 Å². The summed E-state index contributed by atoms with van der Waals surface area (Å²) in [5.41, 5.74) is 1.02. The number of halogens is 1. The predicted molar refractivity (Wildman–Crippen MR) is 123 cm³/mol. The van der Waals surface area contributed by atoms with Gasteiger partial charge in [0.2, 0.25) is 6.20 Å². The number of nitrogens with zero attached hydrogens (tertiary/aromatic N) is 5. The van der Waals surface area contributed by atoms with Gasteiger partial charge < -0.3 is 10.1 Å². The molecule has 1 aromatic carbocycles. The highest BCUT2D eigenvalue weighted by Gasteiger charge is 2.37. The highest BCUT2D eigenvalue weighted by Crippen LogP contribution is 2.39. The zero-order valence-electron chi connectivity index (χ0n) is 19.0. The van der Waals surface area contributed by atoms with Crippen molar-refractivity contribution in [2.45, 2.75) is 31.7 Å². The quantitative estimate of drug-likeness (QED) is 0.314. The second kappa shape index (κ2) is 9.49. The molecule has 0 bridgehead atoms. The number of para-hydroxylation sites is 1. The summed E-state index contributed by atoms with van der Waals surface area (Å²) in [5.74, 6) is 0.844. The minimum atomic E-state index is -0.401. The van der Waals surface area contributed by atoms with Crippen LogP contribution in [0.2, 0.25) is 0 Å². The Labute approximate surface area is 200 Å². The molecular weight excluding hydrogens is 451 g/mol. The van der Waals surface area contributed by atoms with Crippen LogP contribution in [0.5, 0.6) is 5.75 Å². The lowest BCUT2D eigenvalue weighted by Crippen LogP contribution is -2.48. The smallest absolute Gasteiger partial charge is 0.321 e. The molecule has 3 aromatic heterocycles. The summed E-state index contributed by atoms with van der Waals surface area (Å²) in [7, 11) is 0. The Bertz CT molecular complexity index is 1350. The van der Waals surface area contributed by atoms with Gasteiger partial charge in [-0.3, -0.25) is 14.6 Å². The second-order valence-corrected chi connectivity index (χ2v) is 8.25. The lowest BCUT2D eigenvalue weighted by atomic mass is 9.79. The van der Waals surface area contributed by atoms with Gasteiger partial charge in [-0.05, 0) is 50.1 Å². The van der Waals surface area contributed by atoms with Crippen molar-refractivity contribution in [2.24, 2.45) is 0 Å². The van der Waals surface area contributed by atoms with Gasteiger partial charge in [0.25, 0.3) is 0 Å². The fourth-order valence-electron chi connectivity index (χ4n) is 4.18. The summed E-state index contributed by atoms with van der Waals surface area (Å²) in [5, 5.41) is 21.5. The summed E-state index contributed by atoms with van der Waals surface area (Å²) in [6, 6.07) is 14.7. The van der Waals surface area contributed by atoms with E-state index in [4.69, 9.17) is 4.74 Å². The number of ether oxygens (including phenoxy) is 1. The fraction of sp³-hybridized carbons (Fsp3) is 0.240. The maximum Gasteiger partial charge on any atom is 0.321 e. The molecule has 1 aliphatic rings. The zero-order valence-corrected chi connectivity index (χ0v) is 19.0. The monoisotopic (exact) mass is 475 g/mol. The Kier molecular flexibility index (Phi) is 6.09. The molecule has 0 aliphatic heterocycles. The van der Waals surface area contributed by atoms with Gasteiger partial charge in [0, 0.05) is 28.8 Å². The molecule has 178 valence electrons. The van der Waals surface area contributed by atoms with Crippen molar-refractivity contribution in [2.75, 3.05) is 6.61 Å². The molecule has 0 radical (unpaired) electrons. The highest BCUT2D eigenvalue weighted by atomic mass is 19.1. The molecule has 1 amide bonds. The number of rotatable bonds is 7. The van der Waals surface area contributed by atoms with E-state index in [9.17, 15) is 14.4 Å². The number of aromatic nitrogens is 5. The highest BCUT2D eigenvalue weighted by molar-refractivity contribution is 5.91. The molecule has 35 heavy (non-hydrogen) atoms. The van der Waals surface area contributed by atoms with Gasteiger partial charge in [-0.25, -0.2) is 9.37 Å². The molecule has 9 nitrogen and oxygen atoms in total. The summed E-state index contributed by atoms with van der Waals surface area (Å²) >= 11 is 0. The first-order valence-electron chi connectivity index (χ1n) is 11.4. The number of benzene rings is 1. The standard InChI is InChI=1S/C25H23FN6O3/c1-2-35-18-10-11-20(27-15-18)24-30-29-23(32(24)21-8-4-3-7-19(21)26)16-13-17(14-16)28-25(33)22-9-5-6-12-31(22)34/h3-12,15-17H,2,13-14H2,1H3,(H-,28,33,34)/p+1/t16-,17-. The van der Waals surface area contributed by atoms with Gasteiger partial charge in [-0.1, -0.05) is 12.1 Å². The molecule has 1 aliphatic carbocycles. The number of carbonyl (C=O) groups is 1. The molecule has 0 atom stereocenters. The molecule has 5 rings (SSSR count). The largest absolute Gasteiger partial charge is 0.492 e. The lowest BCUT2D eigenvalue weighted by Gasteiger charge is -2.35. The summed E-state index contributed by atoms with van der Waals surface area (Å²) in [4.78, 5) is 17.0. The van der Waals surface area contributed by atoms with E-state index in [2.05, 4.69) is 20.5 Å². The number of hydrogen-bond donors (Lipinski definition) is 2. The van der Waals surface area contributed by atoms with Gasteiger partial charge in [-0.15, -0.1) is 10.2 Å². The van der Waals surface area contributed by atoms with E-state index in [0.29, 0.717) is 48.2 Å². The first-order chi connectivity index (χ1) is 17.0. The number of carbonyl (C=O) groups excluding carboxylic acids is 1. The summed E-state index contributed by atoms with van der Waals surface area (Å²) in [6.07, 6.45) is 4.21. The molecule has 0 spiro atoms. The van der Waals surface area contributed by atoms with E-state index in [1.807, 2.05) is 6.92 Å². The van der Waals surface area contributed by atoms with Gasteiger partial charge in [0.15, 0.2) is 5.82 Å². The van der Waals surface area contributed by atoms with Crippen molar-refractivity contribution in [1.82, 2.24) is 25.1 Å². The number of pyridine rings is 2. The second-order valence-electron chi connectivity index (χ2n) is 8.25. The maximum absolute atomic E-state index is 14.9. The Morgan fingerprint density at radius 3 is 2.69 bits per heavy atom. The van der Waals surface area contributed by atoms with Crippen LogP contribution in [0.3, 0.4) is 0 Å². The average Bonchev–Trinajstić information content (AvgIpc) is 3.26. The van der Waals surface area contributed by atoms with Crippen LogP contribution >= 0.6 is 0 Å². The molecule has 0 saturated heterocycles. The van der Waals surface area contributed by atoms with Crippen molar-refractivity contribution < 1.29 is 23.9 Å². The summed E-state index contributed by atoms with van der Waals surface area (Å²) in [6.45, 7) is 2.42. The van der Waals surface area contributed by atoms with Crippen LogP contribution in [0.1, 0.15) is 42.0 Å². The topological polar surface area (TPSA) is 106 Å². The van der Waals surface area contributed by atoms with Crippen LogP contribution in [0.25, 0.3) is 17.2 Å². The van der Waals surface area contributed by atoms with Crippen molar-refractivity contribution in [3.63, 3.8) is 0 Å². The Morgan fingerprint density at radius 1 is 1.17 bits per heavy atom. The predicted octanol–water partition coefficient (Wildman–Crippen LogP) is 3.07. The first-order valence-corrected chi connectivity index (χ1v) is 11.4. The number of hydrogen-bond acceptors (Lipinski definition) is 6. The minimum Gasteiger partial charge on any atom is -0.492 e. The molecule has 0 unspecified atom stereocenters. The van der Waals surface area contributed by atoms with E-state index in [1.54, 1.807) is 53.2 Å². The average molecular weight is 476 g/mol. The Balaban J connectivity index is 1.40. The lowest BCUT2D eigenvalue weighted by molar-refractivity contribution is -0.905. The molecule has 2 N–H and O–H groups in total. The van der Waals surface area contributed by atoms with Crippen molar-refractivity contribution in [3.8, 4) is 23.0 Å². The van der Waals surface area contributed by atoms with E-state index in [0.717, 1.165) is 4.73 Å². The molecule has 1 saturated carbocycles. The van der Waals surface area contributed by atoms with Crippen LogP contribution in [0.4, 0.5) is 4.39 Å². The van der Waals surface area contributed by atoms with Crippen LogP contribution in [-0.2, 0) is 0 Å².